The molecule has 0 radical (unpaired) electrons. The first-order valence-corrected chi connectivity index (χ1v) is 6.35. The summed E-state index contributed by atoms with van der Waals surface area (Å²) in [5.74, 6) is 0.833. The molecule has 0 rings (SSSR count). The van der Waals surface area contributed by atoms with Crippen molar-refractivity contribution in [2.24, 2.45) is 11.8 Å². The SMILES string of the molecule is C=CCC(F)(COCC(C)C)COCC(C)C. The summed E-state index contributed by atoms with van der Waals surface area (Å²) in [6.07, 6.45) is 1.85. The zero-order valence-corrected chi connectivity index (χ0v) is 11.7. The van der Waals surface area contributed by atoms with Crippen molar-refractivity contribution in [2.75, 3.05) is 26.4 Å². The third kappa shape index (κ3) is 9.31. The molecule has 0 aliphatic rings. The molecule has 17 heavy (non-hydrogen) atoms. The van der Waals surface area contributed by atoms with E-state index < -0.39 is 5.67 Å². The molecular formula is C14H27FO2. The van der Waals surface area contributed by atoms with Crippen molar-refractivity contribution in [2.45, 2.75) is 39.8 Å². The highest BCUT2D eigenvalue weighted by Gasteiger charge is 2.29. The number of alkyl halides is 1. The standard InChI is InChI=1S/C14H27FO2/c1-6-7-14(15,10-16-8-12(2)3)11-17-9-13(4)5/h6,12-13H,1,7-11H2,2-5H3. The first kappa shape index (κ1) is 16.6. The Morgan fingerprint density at radius 3 is 1.76 bits per heavy atom. The van der Waals surface area contributed by atoms with Gasteiger partial charge in [-0.05, 0) is 11.8 Å². The van der Waals surface area contributed by atoms with E-state index in [0.717, 1.165) is 0 Å². The fourth-order valence-electron chi connectivity index (χ4n) is 1.37. The van der Waals surface area contributed by atoms with E-state index in [0.29, 0.717) is 25.0 Å². The second-order valence-corrected chi connectivity index (χ2v) is 5.46. The predicted octanol–water partition coefficient (Wildman–Crippen LogP) is 3.62. The average molecular weight is 246 g/mol. The van der Waals surface area contributed by atoms with Crippen molar-refractivity contribution in [3.63, 3.8) is 0 Å². The van der Waals surface area contributed by atoms with E-state index in [9.17, 15) is 4.39 Å². The molecule has 0 N–H and O–H groups in total. The molecule has 0 aromatic heterocycles. The van der Waals surface area contributed by atoms with Crippen molar-refractivity contribution < 1.29 is 13.9 Å². The van der Waals surface area contributed by atoms with Crippen LogP contribution in [0.15, 0.2) is 12.7 Å². The number of hydrogen-bond acceptors (Lipinski definition) is 2. The van der Waals surface area contributed by atoms with Gasteiger partial charge in [0, 0.05) is 19.6 Å². The minimum Gasteiger partial charge on any atom is -0.378 e. The minimum atomic E-state index is -1.44. The first-order valence-electron chi connectivity index (χ1n) is 6.35. The Bertz CT molecular complexity index is 188. The van der Waals surface area contributed by atoms with Gasteiger partial charge in [0.15, 0.2) is 5.67 Å². The van der Waals surface area contributed by atoms with Gasteiger partial charge in [-0.2, -0.15) is 0 Å². The highest BCUT2D eigenvalue weighted by atomic mass is 19.1. The van der Waals surface area contributed by atoms with Crippen LogP contribution in [-0.4, -0.2) is 32.1 Å². The van der Waals surface area contributed by atoms with Crippen LogP contribution in [0.3, 0.4) is 0 Å². The molecule has 0 amide bonds. The van der Waals surface area contributed by atoms with Crippen LogP contribution in [0.25, 0.3) is 0 Å². The monoisotopic (exact) mass is 246 g/mol. The summed E-state index contributed by atoms with van der Waals surface area (Å²) >= 11 is 0. The Morgan fingerprint density at radius 1 is 1.06 bits per heavy atom. The van der Waals surface area contributed by atoms with Crippen LogP contribution in [-0.2, 0) is 9.47 Å². The van der Waals surface area contributed by atoms with Crippen LogP contribution < -0.4 is 0 Å². The largest absolute Gasteiger partial charge is 0.378 e. The van der Waals surface area contributed by atoms with Crippen LogP contribution in [0.5, 0.6) is 0 Å². The van der Waals surface area contributed by atoms with Gasteiger partial charge in [-0.1, -0.05) is 33.8 Å². The Balaban J connectivity index is 4.01. The molecule has 0 bridgehead atoms. The smallest absolute Gasteiger partial charge is 0.160 e. The zero-order chi connectivity index (χ0) is 13.3. The quantitative estimate of drug-likeness (QED) is 0.548. The maximum atomic E-state index is 14.4. The molecule has 102 valence electrons. The maximum Gasteiger partial charge on any atom is 0.160 e. The van der Waals surface area contributed by atoms with Crippen molar-refractivity contribution in [3.8, 4) is 0 Å². The van der Waals surface area contributed by atoms with Crippen molar-refractivity contribution in [1.82, 2.24) is 0 Å². The van der Waals surface area contributed by atoms with Gasteiger partial charge in [0.25, 0.3) is 0 Å². The van der Waals surface area contributed by atoms with Crippen molar-refractivity contribution >= 4 is 0 Å². The van der Waals surface area contributed by atoms with Crippen LogP contribution in [0.1, 0.15) is 34.1 Å². The number of halogens is 1. The van der Waals surface area contributed by atoms with E-state index in [4.69, 9.17) is 9.47 Å². The highest BCUT2D eigenvalue weighted by molar-refractivity contribution is 4.87. The van der Waals surface area contributed by atoms with E-state index in [-0.39, 0.29) is 19.6 Å². The molecule has 0 aromatic carbocycles. The summed E-state index contributed by atoms with van der Waals surface area (Å²) in [7, 11) is 0. The number of rotatable bonds is 10. The molecule has 2 nitrogen and oxygen atoms in total. The Hall–Kier alpha value is -0.410. The summed E-state index contributed by atoms with van der Waals surface area (Å²) in [5.41, 5.74) is -1.44. The lowest BCUT2D eigenvalue weighted by molar-refractivity contribution is -0.0519. The van der Waals surface area contributed by atoms with Crippen molar-refractivity contribution in [1.29, 1.82) is 0 Å². The van der Waals surface area contributed by atoms with Crippen LogP contribution in [0.4, 0.5) is 4.39 Å². The number of allylic oxidation sites excluding steroid dienone is 1. The fraction of sp³-hybridized carbons (Fsp3) is 0.857. The maximum absolute atomic E-state index is 14.4. The number of hydrogen-bond donors (Lipinski definition) is 0. The molecule has 3 heteroatoms. The molecule has 0 saturated carbocycles. The summed E-state index contributed by atoms with van der Waals surface area (Å²) in [5, 5.41) is 0. The van der Waals surface area contributed by atoms with Gasteiger partial charge >= 0.3 is 0 Å². The molecule has 0 heterocycles. The highest BCUT2D eigenvalue weighted by Crippen LogP contribution is 2.19. The summed E-state index contributed by atoms with van der Waals surface area (Å²) < 4.78 is 25.1. The zero-order valence-electron chi connectivity index (χ0n) is 11.7. The predicted molar refractivity (Wildman–Crippen MR) is 70.0 cm³/mol. The molecule has 0 aliphatic carbocycles. The van der Waals surface area contributed by atoms with Gasteiger partial charge in [-0.25, -0.2) is 4.39 Å². The van der Waals surface area contributed by atoms with Crippen molar-refractivity contribution in [3.05, 3.63) is 12.7 Å². The minimum absolute atomic E-state index is 0.0787. The molecule has 0 atom stereocenters. The molecule has 0 unspecified atom stereocenters. The van der Waals surface area contributed by atoms with Gasteiger partial charge < -0.3 is 9.47 Å². The molecule has 0 aromatic rings. The lowest BCUT2D eigenvalue weighted by Gasteiger charge is -2.24. The fourth-order valence-corrected chi connectivity index (χ4v) is 1.37. The van der Waals surface area contributed by atoms with Crippen LogP contribution in [0, 0.1) is 11.8 Å². The van der Waals surface area contributed by atoms with E-state index in [2.05, 4.69) is 6.58 Å². The average Bonchev–Trinajstić information content (AvgIpc) is 2.16. The topological polar surface area (TPSA) is 18.5 Å². The van der Waals surface area contributed by atoms with E-state index in [1.54, 1.807) is 6.08 Å². The third-order valence-electron chi connectivity index (χ3n) is 2.13. The molecule has 0 saturated heterocycles. The van der Waals surface area contributed by atoms with Gasteiger partial charge in [-0.15, -0.1) is 6.58 Å². The number of ether oxygens (including phenoxy) is 2. The van der Waals surface area contributed by atoms with Gasteiger partial charge in [0.1, 0.15) is 0 Å². The van der Waals surface area contributed by atoms with Crippen LogP contribution in [0.2, 0.25) is 0 Å². The summed E-state index contributed by atoms with van der Waals surface area (Å²) in [6, 6.07) is 0. The lowest BCUT2D eigenvalue weighted by atomic mass is 10.0. The Labute approximate surface area is 105 Å². The van der Waals surface area contributed by atoms with Gasteiger partial charge in [0.2, 0.25) is 0 Å². The van der Waals surface area contributed by atoms with Crippen LogP contribution >= 0.6 is 0 Å². The Kier molecular flexibility index (Phi) is 8.44. The summed E-state index contributed by atoms with van der Waals surface area (Å²) in [6.45, 7) is 13.1. The lowest BCUT2D eigenvalue weighted by Crippen LogP contribution is -2.35. The second kappa shape index (κ2) is 8.65. The summed E-state index contributed by atoms with van der Waals surface area (Å²) in [4.78, 5) is 0. The van der Waals surface area contributed by atoms with Gasteiger partial charge in [0.05, 0.1) is 13.2 Å². The normalized spacial score (nSPS) is 12.4. The third-order valence-corrected chi connectivity index (χ3v) is 2.13. The first-order chi connectivity index (χ1) is 7.89. The van der Waals surface area contributed by atoms with Gasteiger partial charge in [-0.3, -0.25) is 0 Å². The Morgan fingerprint density at radius 2 is 1.47 bits per heavy atom. The molecule has 0 spiro atoms. The molecule has 0 aliphatic heterocycles. The van der Waals surface area contributed by atoms with E-state index in [1.165, 1.54) is 0 Å². The molecule has 0 fully saturated rings. The molecular weight excluding hydrogens is 219 g/mol. The van der Waals surface area contributed by atoms with E-state index >= 15 is 0 Å². The second-order valence-electron chi connectivity index (χ2n) is 5.46. The van der Waals surface area contributed by atoms with E-state index in [1.807, 2.05) is 27.7 Å².